The summed E-state index contributed by atoms with van der Waals surface area (Å²) in [5.74, 6) is -1.60. The van der Waals surface area contributed by atoms with E-state index in [9.17, 15) is 24.9 Å². The van der Waals surface area contributed by atoms with Gasteiger partial charge in [-0.05, 0) is 27.8 Å². The Hall–Kier alpha value is -2.56. The lowest BCUT2D eigenvalue weighted by Gasteiger charge is -2.43. The molecule has 9 heteroatoms. The van der Waals surface area contributed by atoms with Crippen LogP contribution in [-0.2, 0) is 14.0 Å². The van der Waals surface area contributed by atoms with Crippen molar-refractivity contribution in [2.45, 2.75) is 57.5 Å². The lowest BCUT2D eigenvalue weighted by molar-refractivity contribution is -0.145. The Labute approximate surface area is 214 Å². The highest BCUT2D eigenvalue weighted by Gasteiger charge is 2.51. The van der Waals surface area contributed by atoms with E-state index < -0.39 is 45.1 Å². The number of aliphatic hydroxyl groups excluding tert-OH is 2. The van der Waals surface area contributed by atoms with Gasteiger partial charge < -0.3 is 25.1 Å². The average molecular weight is 515 g/mol. The molecule has 36 heavy (non-hydrogen) atoms. The van der Waals surface area contributed by atoms with Crippen LogP contribution in [0.15, 0.2) is 60.7 Å². The zero-order chi connectivity index (χ0) is 26.5. The van der Waals surface area contributed by atoms with Gasteiger partial charge in [0.1, 0.15) is 18.3 Å². The first-order valence-electron chi connectivity index (χ1n) is 12.3. The van der Waals surface area contributed by atoms with E-state index in [0.717, 1.165) is 10.4 Å². The SMILES string of the molecule is CC(=O)NC(C(O)CO)N1CC(CO[Si](c2ccccc2)(c2ccccc2)C(C)(C)C)CC1C(=O)O. The van der Waals surface area contributed by atoms with Crippen LogP contribution in [0.2, 0.25) is 5.04 Å². The average Bonchev–Trinajstić information content (AvgIpc) is 3.27. The molecule has 0 aliphatic carbocycles. The van der Waals surface area contributed by atoms with Gasteiger partial charge in [-0.1, -0.05) is 81.4 Å². The number of aliphatic carboxylic acids is 1. The van der Waals surface area contributed by atoms with Crippen molar-refractivity contribution in [3.05, 3.63) is 60.7 Å². The maximum absolute atomic E-state index is 12.1. The molecule has 1 saturated heterocycles. The van der Waals surface area contributed by atoms with E-state index in [0.29, 0.717) is 19.6 Å². The van der Waals surface area contributed by atoms with Crippen molar-refractivity contribution >= 4 is 30.6 Å². The van der Waals surface area contributed by atoms with E-state index in [-0.39, 0.29) is 11.0 Å². The van der Waals surface area contributed by atoms with Crippen LogP contribution >= 0.6 is 0 Å². The van der Waals surface area contributed by atoms with Crippen LogP contribution < -0.4 is 15.7 Å². The number of carbonyl (C=O) groups excluding carboxylic acids is 1. The number of rotatable bonds is 10. The highest BCUT2D eigenvalue weighted by atomic mass is 28.4. The van der Waals surface area contributed by atoms with Gasteiger partial charge in [-0.3, -0.25) is 14.5 Å². The summed E-state index contributed by atoms with van der Waals surface area (Å²) in [6.45, 7) is 7.89. The molecule has 4 atom stereocenters. The second kappa shape index (κ2) is 11.7. The minimum atomic E-state index is -2.80. The first kappa shape index (κ1) is 28.0. The van der Waals surface area contributed by atoms with Crippen LogP contribution in [0.5, 0.6) is 0 Å². The molecular formula is C27H38N2O6Si. The van der Waals surface area contributed by atoms with E-state index in [1.54, 1.807) is 4.90 Å². The van der Waals surface area contributed by atoms with Gasteiger partial charge in [0.25, 0.3) is 8.32 Å². The Morgan fingerprint density at radius 3 is 2.03 bits per heavy atom. The normalized spacial score (nSPS) is 20.6. The number of aliphatic hydroxyl groups is 2. The smallest absolute Gasteiger partial charge is 0.320 e. The Balaban J connectivity index is 1.95. The number of carboxylic acids is 1. The first-order chi connectivity index (χ1) is 17.0. The van der Waals surface area contributed by atoms with E-state index in [1.165, 1.54) is 6.92 Å². The number of carbonyl (C=O) groups is 2. The molecule has 4 N–H and O–H groups in total. The molecule has 1 amide bonds. The fourth-order valence-electron chi connectivity index (χ4n) is 5.33. The van der Waals surface area contributed by atoms with E-state index in [4.69, 9.17) is 4.43 Å². The van der Waals surface area contributed by atoms with E-state index >= 15 is 0 Å². The van der Waals surface area contributed by atoms with Crippen molar-refractivity contribution in [1.82, 2.24) is 10.2 Å². The van der Waals surface area contributed by atoms with Crippen molar-refractivity contribution in [3.63, 3.8) is 0 Å². The largest absolute Gasteiger partial charge is 0.480 e. The van der Waals surface area contributed by atoms with Gasteiger partial charge >= 0.3 is 5.97 Å². The van der Waals surface area contributed by atoms with E-state index in [2.05, 4.69) is 50.4 Å². The molecule has 2 aromatic carbocycles. The van der Waals surface area contributed by atoms with Gasteiger partial charge in [0.05, 0.1) is 6.61 Å². The fraction of sp³-hybridized carbons (Fsp3) is 0.481. The summed E-state index contributed by atoms with van der Waals surface area (Å²) >= 11 is 0. The summed E-state index contributed by atoms with van der Waals surface area (Å²) in [5.41, 5.74) is 0. The highest BCUT2D eigenvalue weighted by Crippen LogP contribution is 2.38. The van der Waals surface area contributed by atoms with Crippen LogP contribution in [0.4, 0.5) is 0 Å². The molecule has 0 radical (unpaired) electrons. The van der Waals surface area contributed by atoms with Crippen LogP contribution in [0.1, 0.15) is 34.1 Å². The number of likely N-dealkylation sites (tertiary alicyclic amines) is 1. The molecule has 3 rings (SSSR count). The number of hydrogen-bond acceptors (Lipinski definition) is 6. The van der Waals surface area contributed by atoms with Gasteiger partial charge in [-0.25, -0.2) is 0 Å². The molecule has 0 spiro atoms. The quantitative estimate of drug-likeness (QED) is 0.351. The Morgan fingerprint density at radius 2 is 1.61 bits per heavy atom. The van der Waals surface area contributed by atoms with Gasteiger partial charge in [-0.2, -0.15) is 0 Å². The summed E-state index contributed by atoms with van der Waals surface area (Å²) in [4.78, 5) is 25.5. The van der Waals surface area contributed by atoms with Crippen molar-refractivity contribution in [2.75, 3.05) is 19.8 Å². The van der Waals surface area contributed by atoms with Crippen LogP contribution in [0.25, 0.3) is 0 Å². The zero-order valence-corrected chi connectivity index (χ0v) is 22.4. The first-order valence-corrected chi connectivity index (χ1v) is 14.2. The number of nitrogens with zero attached hydrogens (tertiary/aromatic N) is 1. The third kappa shape index (κ3) is 5.87. The molecular weight excluding hydrogens is 476 g/mol. The third-order valence-electron chi connectivity index (χ3n) is 6.92. The topological polar surface area (TPSA) is 119 Å². The predicted octanol–water partition coefficient (Wildman–Crippen LogP) is 1.15. The highest BCUT2D eigenvalue weighted by molar-refractivity contribution is 6.99. The number of nitrogens with one attached hydrogen (secondary N) is 1. The summed E-state index contributed by atoms with van der Waals surface area (Å²) < 4.78 is 6.99. The van der Waals surface area contributed by atoms with Crippen molar-refractivity contribution in [2.24, 2.45) is 5.92 Å². The number of carboxylic acid groups (broad SMARTS) is 1. The molecule has 0 saturated carbocycles. The second-order valence-electron chi connectivity index (χ2n) is 10.5. The van der Waals surface area contributed by atoms with Crippen LogP contribution in [0, 0.1) is 5.92 Å². The monoisotopic (exact) mass is 514 g/mol. The molecule has 1 heterocycles. The van der Waals surface area contributed by atoms with E-state index in [1.807, 2.05) is 36.4 Å². The third-order valence-corrected chi connectivity index (χ3v) is 11.9. The number of hydrogen-bond donors (Lipinski definition) is 4. The minimum absolute atomic E-state index is 0.144. The molecule has 2 aromatic rings. The van der Waals surface area contributed by atoms with Crippen LogP contribution in [0.3, 0.4) is 0 Å². The van der Waals surface area contributed by atoms with Crippen LogP contribution in [-0.4, -0.2) is 78.5 Å². The molecule has 4 unspecified atom stereocenters. The van der Waals surface area contributed by atoms with Crippen molar-refractivity contribution < 1.29 is 29.3 Å². The fourth-order valence-corrected chi connectivity index (χ4v) is 9.98. The summed E-state index contributed by atoms with van der Waals surface area (Å²) in [6.07, 6.45) is -2.01. The van der Waals surface area contributed by atoms with Gasteiger partial charge in [-0.15, -0.1) is 0 Å². The lowest BCUT2D eigenvalue weighted by Crippen LogP contribution is -2.67. The standard InChI is InChI=1S/C27H38N2O6Si/c1-19(31)28-25(24(32)17-30)29-16-20(15-23(29)26(33)34)18-35-36(27(2,3)4,21-11-7-5-8-12-21)22-13-9-6-10-14-22/h5-14,20,23-25,30,32H,15-18H2,1-4H3,(H,28,31)(H,33,34). The molecule has 1 aliphatic heterocycles. The van der Waals surface area contributed by atoms with Gasteiger partial charge in [0.15, 0.2) is 0 Å². The summed E-state index contributed by atoms with van der Waals surface area (Å²) in [6, 6.07) is 19.5. The maximum Gasteiger partial charge on any atom is 0.320 e. The predicted molar refractivity (Wildman–Crippen MR) is 141 cm³/mol. The zero-order valence-electron chi connectivity index (χ0n) is 21.4. The number of amides is 1. The molecule has 8 nitrogen and oxygen atoms in total. The Kier molecular flexibility index (Phi) is 9.07. The molecule has 0 aromatic heterocycles. The maximum atomic E-state index is 12.1. The molecule has 1 fully saturated rings. The molecule has 0 bridgehead atoms. The lowest BCUT2D eigenvalue weighted by atomic mass is 10.1. The summed E-state index contributed by atoms with van der Waals surface area (Å²) in [7, 11) is -2.80. The summed E-state index contributed by atoms with van der Waals surface area (Å²) in [5, 5.41) is 34.5. The Morgan fingerprint density at radius 1 is 1.08 bits per heavy atom. The molecule has 1 aliphatic rings. The minimum Gasteiger partial charge on any atom is -0.480 e. The second-order valence-corrected chi connectivity index (χ2v) is 14.8. The van der Waals surface area contributed by atoms with Gasteiger partial charge in [0.2, 0.25) is 5.91 Å². The van der Waals surface area contributed by atoms with Crippen molar-refractivity contribution in [3.8, 4) is 0 Å². The number of benzene rings is 2. The van der Waals surface area contributed by atoms with Crippen molar-refractivity contribution in [1.29, 1.82) is 0 Å². The Bertz CT molecular complexity index is 974. The molecule has 196 valence electrons. The van der Waals surface area contributed by atoms with Gasteiger partial charge in [0, 0.05) is 20.1 Å².